The Bertz CT molecular complexity index is 1330. The maximum Gasteiger partial charge on any atom is 0.338 e. The summed E-state index contributed by atoms with van der Waals surface area (Å²) in [6.45, 7) is 2.07. The van der Waals surface area contributed by atoms with Gasteiger partial charge < -0.3 is 9.47 Å². The van der Waals surface area contributed by atoms with Gasteiger partial charge in [-0.05, 0) is 61.0 Å². The van der Waals surface area contributed by atoms with Crippen molar-refractivity contribution >= 4 is 17.6 Å². The molecule has 34 heavy (non-hydrogen) atoms. The van der Waals surface area contributed by atoms with Gasteiger partial charge in [0.05, 0.1) is 31.0 Å². The number of methoxy groups -OCH3 is 1. The van der Waals surface area contributed by atoms with Crippen LogP contribution in [0.5, 0.6) is 5.75 Å². The molecule has 1 atom stereocenters. The molecule has 0 bridgehead atoms. The first-order valence-corrected chi connectivity index (χ1v) is 11.0. The van der Waals surface area contributed by atoms with Gasteiger partial charge in [0.2, 0.25) is 0 Å². The fourth-order valence-corrected chi connectivity index (χ4v) is 4.31. The molecule has 0 spiro atoms. The smallest absolute Gasteiger partial charge is 0.338 e. The van der Waals surface area contributed by atoms with Crippen LogP contribution < -0.4 is 9.64 Å². The summed E-state index contributed by atoms with van der Waals surface area (Å²) >= 11 is 0. The standard InChI is InChI=1S/C27H23N3O4/c1-3-34-27(32)19-9-13-20(14-10-19)30-25(18-7-5-4-6-8-18)22-23(28-29-24(22)26(30)31)17-11-15-21(33-2)16-12-17/h4-16,25H,3H2,1-2H3,(H,28,29). The molecule has 1 amide bonds. The third-order valence-electron chi connectivity index (χ3n) is 5.90. The number of H-pyrrole nitrogens is 1. The summed E-state index contributed by atoms with van der Waals surface area (Å²) in [5.41, 5.74) is 4.94. The molecule has 7 heteroatoms. The molecule has 1 unspecified atom stereocenters. The Labute approximate surface area is 196 Å². The van der Waals surface area contributed by atoms with E-state index in [1.165, 1.54) is 0 Å². The first-order valence-electron chi connectivity index (χ1n) is 11.0. The molecule has 1 aliphatic rings. The lowest BCUT2D eigenvalue weighted by Crippen LogP contribution is -2.29. The number of nitrogens with zero attached hydrogens (tertiary/aromatic N) is 2. The topological polar surface area (TPSA) is 84.5 Å². The van der Waals surface area contributed by atoms with E-state index >= 15 is 0 Å². The monoisotopic (exact) mass is 453 g/mol. The number of benzene rings is 3. The van der Waals surface area contributed by atoms with E-state index in [9.17, 15) is 9.59 Å². The first-order chi connectivity index (χ1) is 16.6. The molecule has 0 fully saturated rings. The van der Waals surface area contributed by atoms with Gasteiger partial charge in [0.25, 0.3) is 5.91 Å². The van der Waals surface area contributed by atoms with Gasteiger partial charge in [0, 0.05) is 16.8 Å². The quantitative estimate of drug-likeness (QED) is 0.415. The molecule has 1 aliphatic heterocycles. The number of fused-ring (bicyclic) bond motifs is 1. The molecule has 4 aromatic rings. The molecule has 1 N–H and O–H groups in total. The van der Waals surface area contributed by atoms with Crippen molar-refractivity contribution in [2.24, 2.45) is 0 Å². The van der Waals surface area contributed by atoms with Crippen LogP contribution in [-0.4, -0.2) is 35.8 Å². The molecule has 170 valence electrons. The predicted octanol–water partition coefficient (Wildman–Crippen LogP) is 5.01. The van der Waals surface area contributed by atoms with Crippen molar-refractivity contribution in [3.05, 3.63) is 101 Å². The van der Waals surface area contributed by atoms with Gasteiger partial charge >= 0.3 is 5.97 Å². The minimum Gasteiger partial charge on any atom is -0.497 e. The largest absolute Gasteiger partial charge is 0.497 e. The van der Waals surface area contributed by atoms with Crippen molar-refractivity contribution < 1.29 is 19.1 Å². The summed E-state index contributed by atoms with van der Waals surface area (Å²) < 4.78 is 10.4. The Balaban J connectivity index is 1.61. The van der Waals surface area contributed by atoms with Crippen molar-refractivity contribution in [1.29, 1.82) is 0 Å². The number of anilines is 1. The third kappa shape index (κ3) is 3.61. The summed E-state index contributed by atoms with van der Waals surface area (Å²) in [4.78, 5) is 27.4. The van der Waals surface area contributed by atoms with E-state index in [2.05, 4.69) is 10.2 Å². The number of nitrogens with one attached hydrogen (secondary N) is 1. The number of carbonyl (C=O) groups is 2. The van der Waals surface area contributed by atoms with Gasteiger partial charge in [0.1, 0.15) is 11.4 Å². The average Bonchev–Trinajstić information content (AvgIpc) is 3.44. The Morgan fingerprint density at radius 1 is 1.00 bits per heavy atom. The molecule has 0 aliphatic carbocycles. The molecule has 0 saturated heterocycles. The fraction of sp³-hybridized carbons (Fsp3) is 0.148. The summed E-state index contributed by atoms with van der Waals surface area (Å²) in [5.74, 6) is 0.174. The van der Waals surface area contributed by atoms with Crippen LogP contribution in [0.1, 0.15) is 44.9 Å². The van der Waals surface area contributed by atoms with Crippen molar-refractivity contribution in [2.75, 3.05) is 18.6 Å². The van der Waals surface area contributed by atoms with Crippen LogP contribution in [0.15, 0.2) is 78.9 Å². The summed E-state index contributed by atoms with van der Waals surface area (Å²) in [6, 6.07) is 24.0. The van der Waals surface area contributed by atoms with Crippen molar-refractivity contribution in [3.8, 4) is 17.0 Å². The Hall–Kier alpha value is -4.39. The minimum absolute atomic E-state index is 0.181. The zero-order chi connectivity index (χ0) is 23.7. The highest BCUT2D eigenvalue weighted by Gasteiger charge is 2.43. The molecular formula is C27H23N3O4. The number of hydrogen-bond donors (Lipinski definition) is 1. The zero-order valence-electron chi connectivity index (χ0n) is 18.8. The Morgan fingerprint density at radius 3 is 2.35 bits per heavy atom. The van der Waals surface area contributed by atoms with Crippen LogP contribution in [-0.2, 0) is 4.74 Å². The van der Waals surface area contributed by atoms with Gasteiger partial charge in [-0.3, -0.25) is 14.8 Å². The molecule has 7 nitrogen and oxygen atoms in total. The summed E-state index contributed by atoms with van der Waals surface area (Å²) in [6.07, 6.45) is 0. The molecule has 1 aromatic heterocycles. The van der Waals surface area contributed by atoms with Gasteiger partial charge in [0.15, 0.2) is 0 Å². The van der Waals surface area contributed by atoms with Gasteiger partial charge in [-0.15, -0.1) is 0 Å². The van der Waals surface area contributed by atoms with E-state index in [1.54, 1.807) is 43.2 Å². The highest BCUT2D eigenvalue weighted by atomic mass is 16.5. The molecule has 0 radical (unpaired) electrons. The highest BCUT2D eigenvalue weighted by Crippen LogP contribution is 2.45. The first kappa shape index (κ1) is 21.5. The number of aromatic nitrogens is 2. The number of rotatable bonds is 6. The van der Waals surface area contributed by atoms with E-state index < -0.39 is 5.97 Å². The normalized spacial score (nSPS) is 14.7. The molecule has 5 rings (SSSR count). The molecule has 0 saturated carbocycles. The number of carbonyl (C=O) groups excluding carboxylic acids is 2. The molecular weight excluding hydrogens is 430 g/mol. The lowest BCUT2D eigenvalue weighted by Gasteiger charge is -2.26. The maximum absolute atomic E-state index is 13.6. The van der Waals surface area contributed by atoms with Crippen molar-refractivity contribution in [2.45, 2.75) is 13.0 Å². The average molecular weight is 453 g/mol. The third-order valence-corrected chi connectivity index (χ3v) is 5.90. The second-order valence-electron chi connectivity index (χ2n) is 7.85. The van der Waals surface area contributed by atoms with E-state index in [1.807, 2.05) is 54.6 Å². The lowest BCUT2D eigenvalue weighted by atomic mass is 9.96. The Morgan fingerprint density at radius 2 is 1.71 bits per heavy atom. The van der Waals surface area contributed by atoms with Gasteiger partial charge in [-0.1, -0.05) is 30.3 Å². The van der Waals surface area contributed by atoms with Crippen molar-refractivity contribution in [3.63, 3.8) is 0 Å². The van der Waals surface area contributed by atoms with Gasteiger partial charge in [-0.2, -0.15) is 5.10 Å². The number of amides is 1. The van der Waals surface area contributed by atoms with E-state index in [4.69, 9.17) is 9.47 Å². The van der Waals surface area contributed by atoms with E-state index in [-0.39, 0.29) is 11.9 Å². The molecule has 2 heterocycles. The van der Waals surface area contributed by atoms with E-state index in [0.717, 1.165) is 22.4 Å². The fourth-order valence-electron chi connectivity index (χ4n) is 4.31. The number of aromatic amines is 1. The van der Waals surface area contributed by atoms with E-state index in [0.29, 0.717) is 29.2 Å². The van der Waals surface area contributed by atoms with Crippen LogP contribution in [0.2, 0.25) is 0 Å². The zero-order valence-corrected chi connectivity index (χ0v) is 18.8. The summed E-state index contributed by atoms with van der Waals surface area (Å²) in [5, 5.41) is 7.46. The van der Waals surface area contributed by atoms with Crippen LogP contribution in [0.4, 0.5) is 5.69 Å². The lowest BCUT2D eigenvalue weighted by molar-refractivity contribution is 0.0526. The second kappa shape index (κ2) is 8.86. The number of hydrogen-bond acceptors (Lipinski definition) is 5. The number of esters is 1. The predicted molar refractivity (Wildman–Crippen MR) is 128 cm³/mol. The van der Waals surface area contributed by atoms with Crippen LogP contribution in [0.25, 0.3) is 11.3 Å². The Kier molecular flexibility index (Phi) is 5.59. The highest BCUT2D eigenvalue weighted by molar-refractivity contribution is 6.12. The SMILES string of the molecule is CCOC(=O)c1ccc(N2C(=O)c3[nH]nc(-c4ccc(OC)cc4)c3C2c2ccccc2)cc1. The minimum atomic E-state index is -0.391. The van der Waals surface area contributed by atoms with Crippen LogP contribution in [0.3, 0.4) is 0 Å². The van der Waals surface area contributed by atoms with Crippen LogP contribution >= 0.6 is 0 Å². The summed E-state index contributed by atoms with van der Waals surface area (Å²) in [7, 11) is 1.62. The molecule has 3 aromatic carbocycles. The second-order valence-corrected chi connectivity index (χ2v) is 7.85. The maximum atomic E-state index is 13.6. The van der Waals surface area contributed by atoms with Gasteiger partial charge in [-0.25, -0.2) is 4.79 Å². The van der Waals surface area contributed by atoms with Crippen molar-refractivity contribution in [1.82, 2.24) is 10.2 Å². The van der Waals surface area contributed by atoms with Crippen LogP contribution in [0, 0.1) is 0 Å². The number of ether oxygens (including phenoxy) is 2.